The first-order chi connectivity index (χ1) is 15.8. The minimum absolute atomic E-state index is 0.0780. The lowest BCUT2D eigenvalue weighted by atomic mass is 10.1. The van der Waals surface area contributed by atoms with Crippen molar-refractivity contribution >= 4 is 17.6 Å². The summed E-state index contributed by atoms with van der Waals surface area (Å²) in [4.78, 5) is 28.4. The molecule has 33 heavy (non-hydrogen) atoms. The molecule has 2 aromatic rings. The van der Waals surface area contributed by atoms with Crippen LogP contribution in [0.3, 0.4) is 0 Å². The quantitative estimate of drug-likeness (QED) is 0.438. The van der Waals surface area contributed by atoms with Gasteiger partial charge in [-0.1, -0.05) is 36.4 Å². The lowest BCUT2D eigenvalue weighted by Crippen LogP contribution is -2.47. The lowest BCUT2D eigenvalue weighted by Gasteiger charge is -2.29. The third-order valence-electron chi connectivity index (χ3n) is 5.56. The van der Waals surface area contributed by atoms with Crippen LogP contribution in [0.4, 0.5) is 18.9 Å². The van der Waals surface area contributed by atoms with Crippen molar-refractivity contribution in [3.05, 3.63) is 65.7 Å². The highest BCUT2D eigenvalue weighted by Crippen LogP contribution is 2.32. The molecule has 2 aromatic carbocycles. The molecule has 0 bridgehead atoms. The summed E-state index contributed by atoms with van der Waals surface area (Å²) < 4.78 is 49.8. The summed E-state index contributed by atoms with van der Waals surface area (Å²) in [6.45, 7) is 1.37. The highest BCUT2D eigenvalue weighted by atomic mass is 19.4. The molecule has 0 N–H and O–H groups in total. The highest BCUT2D eigenvalue weighted by molar-refractivity contribution is 5.85. The summed E-state index contributed by atoms with van der Waals surface area (Å²) in [5, 5.41) is 0. The summed E-state index contributed by atoms with van der Waals surface area (Å²) in [5.74, 6) is -0.790. The van der Waals surface area contributed by atoms with Crippen LogP contribution in [0, 0.1) is 0 Å². The Morgan fingerprint density at radius 2 is 1.82 bits per heavy atom. The third-order valence-corrected chi connectivity index (χ3v) is 5.56. The number of carbonyl (C=O) groups excluding carboxylic acids is 2. The van der Waals surface area contributed by atoms with Crippen LogP contribution in [0.1, 0.15) is 24.0 Å². The van der Waals surface area contributed by atoms with Gasteiger partial charge >= 0.3 is 12.1 Å². The molecule has 0 aliphatic carbocycles. The van der Waals surface area contributed by atoms with E-state index in [4.69, 9.17) is 9.47 Å². The normalized spacial score (nSPS) is 15.8. The van der Waals surface area contributed by atoms with Crippen LogP contribution >= 0.6 is 0 Å². The molecular formula is C24H27F3N2O4. The van der Waals surface area contributed by atoms with Crippen molar-refractivity contribution in [1.29, 1.82) is 0 Å². The highest BCUT2D eigenvalue weighted by Gasteiger charge is 2.34. The molecule has 0 spiro atoms. The van der Waals surface area contributed by atoms with Crippen molar-refractivity contribution in [3.63, 3.8) is 0 Å². The predicted molar refractivity (Wildman–Crippen MR) is 117 cm³/mol. The molecule has 1 saturated heterocycles. The van der Waals surface area contributed by atoms with Crippen LogP contribution in [-0.4, -0.2) is 56.2 Å². The van der Waals surface area contributed by atoms with E-state index in [1.165, 1.54) is 18.1 Å². The maximum absolute atomic E-state index is 13.1. The monoisotopic (exact) mass is 464 g/mol. The maximum Gasteiger partial charge on any atom is 0.416 e. The zero-order chi connectivity index (χ0) is 23.8. The van der Waals surface area contributed by atoms with E-state index >= 15 is 0 Å². The topological polar surface area (TPSA) is 59.1 Å². The molecule has 178 valence electrons. The number of benzene rings is 2. The molecular weight excluding hydrogens is 437 g/mol. The van der Waals surface area contributed by atoms with Gasteiger partial charge in [-0.15, -0.1) is 0 Å². The van der Waals surface area contributed by atoms with Crippen molar-refractivity contribution in [2.24, 2.45) is 0 Å². The number of anilines is 1. The fourth-order valence-corrected chi connectivity index (χ4v) is 3.80. The average Bonchev–Trinajstić information content (AvgIpc) is 3.00. The van der Waals surface area contributed by atoms with Gasteiger partial charge in [-0.3, -0.25) is 4.79 Å². The molecule has 9 heteroatoms. The van der Waals surface area contributed by atoms with Crippen molar-refractivity contribution in [3.8, 4) is 0 Å². The number of halogens is 3. The summed E-state index contributed by atoms with van der Waals surface area (Å²) >= 11 is 0. The van der Waals surface area contributed by atoms with Gasteiger partial charge in [0.05, 0.1) is 19.3 Å². The molecule has 6 nitrogen and oxygen atoms in total. The zero-order valence-corrected chi connectivity index (χ0v) is 18.4. The molecule has 1 amide bonds. The Balaban J connectivity index is 1.64. The molecule has 1 heterocycles. The Morgan fingerprint density at radius 3 is 2.52 bits per heavy atom. The molecule has 1 aliphatic rings. The van der Waals surface area contributed by atoms with Crippen molar-refractivity contribution < 1.29 is 32.2 Å². The summed E-state index contributed by atoms with van der Waals surface area (Å²) in [7, 11) is 1.26. The number of alkyl halides is 3. The lowest BCUT2D eigenvalue weighted by molar-refractivity contribution is -0.153. The molecule has 0 radical (unpaired) electrons. The Morgan fingerprint density at radius 1 is 1.06 bits per heavy atom. The number of ether oxygens (including phenoxy) is 2. The second kappa shape index (κ2) is 11.2. The molecule has 1 atom stereocenters. The van der Waals surface area contributed by atoms with E-state index in [0.717, 1.165) is 17.7 Å². The molecule has 3 rings (SSSR count). The summed E-state index contributed by atoms with van der Waals surface area (Å²) in [6, 6.07) is 13.8. The van der Waals surface area contributed by atoms with E-state index in [-0.39, 0.29) is 38.4 Å². The molecule has 0 saturated carbocycles. The van der Waals surface area contributed by atoms with E-state index in [0.29, 0.717) is 18.8 Å². The number of amides is 1. The SMILES string of the molecule is COC(=O)[C@@H](CCOCc1ccccc1)N1CCN(c2cccc(C(F)(F)F)c2)CCC1=O. The summed E-state index contributed by atoms with van der Waals surface area (Å²) in [6.07, 6.45) is -4.11. The minimum Gasteiger partial charge on any atom is -0.467 e. The van der Waals surface area contributed by atoms with Crippen molar-refractivity contribution in [1.82, 2.24) is 4.90 Å². The van der Waals surface area contributed by atoms with E-state index in [9.17, 15) is 22.8 Å². The Bertz CT molecular complexity index is 937. The van der Waals surface area contributed by atoms with Crippen molar-refractivity contribution in [2.45, 2.75) is 31.7 Å². The first-order valence-electron chi connectivity index (χ1n) is 10.7. The molecule has 1 fully saturated rings. The van der Waals surface area contributed by atoms with Crippen LogP contribution in [0.2, 0.25) is 0 Å². The zero-order valence-electron chi connectivity index (χ0n) is 18.4. The van der Waals surface area contributed by atoms with E-state index < -0.39 is 23.8 Å². The van der Waals surface area contributed by atoms with Crippen LogP contribution < -0.4 is 4.90 Å². The van der Waals surface area contributed by atoms with E-state index in [1.54, 1.807) is 11.0 Å². The number of hydrogen-bond donors (Lipinski definition) is 0. The van der Waals surface area contributed by atoms with Gasteiger partial charge in [0.2, 0.25) is 5.91 Å². The van der Waals surface area contributed by atoms with Gasteiger partial charge in [0.1, 0.15) is 6.04 Å². The third kappa shape index (κ3) is 6.71. The van der Waals surface area contributed by atoms with Crippen molar-refractivity contribution in [2.75, 3.05) is 38.3 Å². The van der Waals surface area contributed by atoms with Crippen LogP contribution in [0.15, 0.2) is 54.6 Å². The first-order valence-corrected chi connectivity index (χ1v) is 10.7. The fourth-order valence-electron chi connectivity index (χ4n) is 3.80. The van der Waals surface area contributed by atoms with Gasteiger partial charge in [0.25, 0.3) is 0 Å². The Kier molecular flexibility index (Phi) is 8.32. The van der Waals surface area contributed by atoms with Gasteiger partial charge in [0.15, 0.2) is 0 Å². The second-order valence-corrected chi connectivity index (χ2v) is 7.74. The Hall–Kier alpha value is -3.07. The van der Waals surface area contributed by atoms with Crippen LogP contribution in [0.5, 0.6) is 0 Å². The Labute approximate surface area is 190 Å². The number of carbonyl (C=O) groups is 2. The largest absolute Gasteiger partial charge is 0.467 e. The number of nitrogens with zero attached hydrogens (tertiary/aromatic N) is 2. The second-order valence-electron chi connectivity index (χ2n) is 7.74. The van der Waals surface area contributed by atoms with Gasteiger partial charge in [-0.05, 0) is 23.8 Å². The molecule has 1 aliphatic heterocycles. The van der Waals surface area contributed by atoms with Gasteiger partial charge in [0, 0.05) is 44.8 Å². The van der Waals surface area contributed by atoms with Gasteiger partial charge in [-0.25, -0.2) is 4.79 Å². The first kappa shape index (κ1) is 24.6. The standard InChI is InChI=1S/C24H27F3N2O4/c1-32-23(31)21(11-15-33-17-18-6-3-2-4-7-18)29-14-13-28(12-10-22(29)30)20-9-5-8-19(16-20)24(25,26)27/h2-9,16,21H,10-15,17H2,1H3/t21-/m1/s1. The van der Waals surface area contributed by atoms with E-state index in [1.807, 2.05) is 30.3 Å². The number of hydrogen-bond acceptors (Lipinski definition) is 5. The predicted octanol–water partition coefficient (Wildman–Crippen LogP) is 3.89. The number of rotatable bonds is 8. The van der Waals surface area contributed by atoms with Crippen LogP contribution in [0.25, 0.3) is 0 Å². The summed E-state index contributed by atoms with van der Waals surface area (Å²) in [5.41, 5.74) is 0.644. The average molecular weight is 464 g/mol. The smallest absolute Gasteiger partial charge is 0.416 e. The minimum atomic E-state index is -4.44. The molecule has 0 aromatic heterocycles. The maximum atomic E-state index is 13.1. The number of methoxy groups -OCH3 is 1. The number of esters is 1. The molecule has 0 unspecified atom stereocenters. The van der Waals surface area contributed by atoms with E-state index in [2.05, 4.69) is 0 Å². The fraction of sp³-hybridized carbons (Fsp3) is 0.417. The van der Waals surface area contributed by atoms with Gasteiger partial charge in [-0.2, -0.15) is 13.2 Å². The van der Waals surface area contributed by atoms with Crippen LogP contribution in [-0.2, 0) is 31.8 Å². The van der Waals surface area contributed by atoms with Gasteiger partial charge < -0.3 is 19.3 Å².